The van der Waals surface area contributed by atoms with Crippen LogP contribution in [0.1, 0.15) is 13.8 Å². The van der Waals surface area contributed by atoms with Gasteiger partial charge in [-0.1, -0.05) is 19.9 Å². The van der Waals surface area contributed by atoms with Crippen molar-refractivity contribution in [2.75, 3.05) is 5.32 Å². The molecule has 0 radical (unpaired) electrons. The predicted molar refractivity (Wildman–Crippen MR) is 69.0 cm³/mol. The largest absolute Gasteiger partial charge is 0.480 e. The summed E-state index contributed by atoms with van der Waals surface area (Å²) in [4.78, 5) is 11.0. The minimum Gasteiger partial charge on any atom is -0.480 e. The molecule has 0 aliphatic carbocycles. The van der Waals surface area contributed by atoms with Crippen LogP contribution < -0.4 is 5.32 Å². The zero-order valence-corrected chi connectivity index (χ0v) is 10.9. The Morgan fingerprint density at radius 3 is 2.60 bits per heavy atom. The van der Waals surface area contributed by atoms with Gasteiger partial charge in [-0.15, -0.1) is 0 Å². The SMILES string of the molecule is CC(C)C(Nc1cccc(I)c1)C(=O)O. The van der Waals surface area contributed by atoms with Gasteiger partial charge in [0.25, 0.3) is 0 Å². The third kappa shape index (κ3) is 3.70. The molecule has 3 nitrogen and oxygen atoms in total. The van der Waals surface area contributed by atoms with Crippen LogP contribution in [0.25, 0.3) is 0 Å². The molecule has 0 aliphatic rings. The summed E-state index contributed by atoms with van der Waals surface area (Å²) < 4.78 is 1.09. The number of hydrogen-bond donors (Lipinski definition) is 2. The summed E-state index contributed by atoms with van der Waals surface area (Å²) in [6.45, 7) is 3.78. The third-order valence-electron chi connectivity index (χ3n) is 2.08. The number of nitrogens with one attached hydrogen (secondary N) is 1. The van der Waals surface area contributed by atoms with Gasteiger partial charge in [-0.3, -0.25) is 0 Å². The second-order valence-electron chi connectivity index (χ2n) is 3.71. The lowest BCUT2D eigenvalue weighted by Crippen LogP contribution is -2.34. The molecule has 1 rings (SSSR count). The maximum absolute atomic E-state index is 11.0. The molecule has 82 valence electrons. The van der Waals surface area contributed by atoms with Crippen LogP contribution in [0.2, 0.25) is 0 Å². The first-order valence-electron chi connectivity index (χ1n) is 4.75. The summed E-state index contributed by atoms with van der Waals surface area (Å²) in [5.74, 6) is -0.760. The molecule has 0 aliphatic heterocycles. The van der Waals surface area contributed by atoms with Crippen LogP contribution in [0.5, 0.6) is 0 Å². The number of halogens is 1. The van der Waals surface area contributed by atoms with Crippen LogP contribution in [0.15, 0.2) is 24.3 Å². The van der Waals surface area contributed by atoms with Crippen molar-refractivity contribution in [3.63, 3.8) is 0 Å². The van der Waals surface area contributed by atoms with Crippen molar-refractivity contribution in [3.05, 3.63) is 27.8 Å². The van der Waals surface area contributed by atoms with Crippen LogP contribution in [0.3, 0.4) is 0 Å². The molecule has 1 atom stereocenters. The molecule has 0 spiro atoms. The highest BCUT2D eigenvalue weighted by atomic mass is 127. The molecule has 0 heterocycles. The molecule has 0 bridgehead atoms. The number of hydrogen-bond acceptors (Lipinski definition) is 2. The highest BCUT2D eigenvalue weighted by molar-refractivity contribution is 14.1. The normalized spacial score (nSPS) is 12.5. The van der Waals surface area contributed by atoms with E-state index in [9.17, 15) is 4.79 Å². The van der Waals surface area contributed by atoms with Gasteiger partial charge in [0.2, 0.25) is 0 Å². The van der Waals surface area contributed by atoms with Gasteiger partial charge >= 0.3 is 5.97 Å². The van der Waals surface area contributed by atoms with E-state index in [0.29, 0.717) is 0 Å². The molecule has 1 aromatic carbocycles. The summed E-state index contributed by atoms with van der Waals surface area (Å²) in [5.41, 5.74) is 0.850. The van der Waals surface area contributed by atoms with Gasteiger partial charge < -0.3 is 10.4 Å². The van der Waals surface area contributed by atoms with E-state index in [-0.39, 0.29) is 5.92 Å². The Balaban J connectivity index is 2.79. The van der Waals surface area contributed by atoms with Gasteiger partial charge in [-0.2, -0.15) is 0 Å². The van der Waals surface area contributed by atoms with E-state index in [1.165, 1.54) is 0 Å². The van der Waals surface area contributed by atoms with Gasteiger partial charge in [-0.05, 0) is 46.7 Å². The topological polar surface area (TPSA) is 49.3 Å². The molecule has 0 saturated carbocycles. The van der Waals surface area contributed by atoms with Gasteiger partial charge in [0.15, 0.2) is 0 Å². The number of rotatable bonds is 4. The van der Waals surface area contributed by atoms with E-state index in [2.05, 4.69) is 27.9 Å². The van der Waals surface area contributed by atoms with Crippen LogP contribution >= 0.6 is 22.6 Å². The number of anilines is 1. The van der Waals surface area contributed by atoms with Crippen LogP contribution in [-0.2, 0) is 4.79 Å². The molecule has 0 fully saturated rings. The Kier molecular flexibility index (Phi) is 4.38. The summed E-state index contributed by atoms with van der Waals surface area (Å²) in [5, 5.41) is 12.0. The van der Waals surface area contributed by atoms with E-state index in [1.807, 2.05) is 38.1 Å². The summed E-state index contributed by atoms with van der Waals surface area (Å²) in [6, 6.07) is 7.14. The molecule has 1 aromatic rings. The standard InChI is InChI=1S/C11H14INO2/c1-7(2)10(11(14)15)13-9-5-3-4-8(12)6-9/h3-7,10,13H,1-2H3,(H,14,15). The number of carbonyl (C=O) groups is 1. The molecular formula is C11H14INO2. The van der Waals surface area contributed by atoms with Crippen molar-refractivity contribution < 1.29 is 9.90 Å². The lowest BCUT2D eigenvalue weighted by molar-refractivity contribution is -0.138. The molecule has 0 aromatic heterocycles. The van der Waals surface area contributed by atoms with E-state index < -0.39 is 12.0 Å². The molecule has 15 heavy (non-hydrogen) atoms. The first kappa shape index (κ1) is 12.3. The zero-order valence-electron chi connectivity index (χ0n) is 8.70. The summed E-state index contributed by atoms with van der Waals surface area (Å²) in [6.07, 6.45) is 0. The van der Waals surface area contributed by atoms with E-state index in [4.69, 9.17) is 5.11 Å². The first-order valence-corrected chi connectivity index (χ1v) is 5.83. The average molecular weight is 319 g/mol. The van der Waals surface area contributed by atoms with Gasteiger partial charge in [0.1, 0.15) is 6.04 Å². The highest BCUT2D eigenvalue weighted by Crippen LogP contribution is 2.16. The fraction of sp³-hybridized carbons (Fsp3) is 0.364. The number of carboxylic acids is 1. The monoisotopic (exact) mass is 319 g/mol. The third-order valence-corrected chi connectivity index (χ3v) is 2.75. The van der Waals surface area contributed by atoms with Gasteiger partial charge in [0.05, 0.1) is 0 Å². The Bertz CT molecular complexity index is 352. The fourth-order valence-corrected chi connectivity index (χ4v) is 1.81. The highest BCUT2D eigenvalue weighted by Gasteiger charge is 2.20. The maximum atomic E-state index is 11.0. The van der Waals surface area contributed by atoms with Crippen molar-refractivity contribution in [1.82, 2.24) is 0 Å². The summed E-state index contributed by atoms with van der Waals surface area (Å²) in [7, 11) is 0. The minimum absolute atomic E-state index is 0.0559. The molecule has 0 amide bonds. The van der Waals surface area contributed by atoms with Crippen LogP contribution in [0, 0.1) is 9.49 Å². The molecule has 1 unspecified atom stereocenters. The quantitative estimate of drug-likeness (QED) is 0.839. The number of benzene rings is 1. The Morgan fingerprint density at radius 2 is 2.13 bits per heavy atom. The Hall–Kier alpha value is -0.780. The molecular weight excluding hydrogens is 305 g/mol. The lowest BCUT2D eigenvalue weighted by atomic mass is 10.0. The second kappa shape index (κ2) is 5.34. The maximum Gasteiger partial charge on any atom is 0.326 e. The second-order valence-corrected chi connectivity index (χ2v) is 4.96. The molecule has 4 heteroatoms. The van der Waals surface area contributed by atoms with Gasteiger partial charge in [-0.25, -0.2) is 4.79 Å². The number of carboxylic acid groups (broad SMARTS) is 1. The van der Waals surface area contributed by atoms with E-state index >= 15 is 0 Å². The fourth-order valence-electron chi connectivity index (χ4n) is 1.27. The first-order chi connectivity index (χ1) is 7.00. The summed E-state index contributed by atoms with van der Waals surface area (Å²) >= 11 is 2.20. The zero-order chi connectivity index (χ0) is 11.4. The van der Waals surface area contributed by atoms with Gasteiger partial charge in [0, 0.05) is 9.26 Å². The van der Waals surface area contributed by atoms with Crippen LogP contribution in [-0.4, -0.2) is 17.1 Å². The predicted octanol–water partition coefficient (Wildman–Crippen LogP) is 2.81. The van der Waals surface area contributed by atoms with Crippen molar-refractivity contribution in [1.29, 1.82) is 0 Å². The van der Waals surface area contributed by atoms with Crippen molar-refractivity contribution in [2.24, 2.45) is 5.92 Å². The van der Waals surface area contributed by atoms with Crippen molar-refractivity contribution in [3.8, 4) is 0 Å². The Labute approximate surface area is 103 Å². The van der Waals surface area contributed by atoms with Crippen LogP contribution in [0.4, 0.5) is 5.69 Å². The minimum atomic E-state index is -0.816. The lowest BCUT2D eigenvalue weighted by Gasteiger charge is -2.19. The van der Waals surface area contributed by atoms with Crippen molar-refractivity contribution >= 4 is 34.2 Å². The number of aliphatic carboxylic acids is 1. The Morgan fingerprint density at radius 1 is 1.47 bits per heavy atom. The average Bonchev–Trinajstić information content (AvgIpc) is 2.13. The molecule has 0 saturated heterocycles. The van der Waals surface area contributed by atoms with Crippen molar-refractivity contribution in [2.45, 2.75) is 19.9 Å². The van der Waals surface area contributed by atoms with E-state index in [0.717, 1.165) is 9.26 Å². The smallest absolute Gasteiger partial charge is 0.326 e. The van der Waals surface area contributed by atoms with E-state index in [1.54, 1.807) is 0 Å². The molecule has 2 N–H and O–H groups in total.